The van der Waals surface area contributed by atoms with Crippen LogP contribution < -0.4 is 10.5 Å². The molecule has 1 aromatic carbocycles. The van der Waals surface area contributed by atoms with Crippen molar-refractivity contribution >= 4 is 23.9 Å². The number of benzene rings is 1. The first-order valence-electron chi connectivity index (χ1n) is 9.15. The maximum absolute atomic E-state index is 12.5. The van der Waals surface area contributed by atoms with Crippen LogP contribution in [0.3, 0.4) is 0 Å². The molecule has 12 heteroatoms. The molecule has 0 radical (unpaired) electrons. The quantitative estimate of drug-likeness (QED) is 0.347. The number of nitro benzene ring substituents is 1. The van der Waals surface area contributed by atoms with Crippen molar-refractivity contribution in [2.75, 3.05) is 31.2 Å². The number of carbonyl (C=O) groups excluding carboxylic acids is 2. The van der Waals surface area contributed by atoms with E-state index in [2.05, 4.69) is 15.1 Å². The Morgan fingerprint density at radius 3 is 2.65 bits per heavy atom. The first kappa shape index (κ1) is 20.1. The molecule has 3 heterocycles. The number of aromatic amines is 1. The van der Waals surface area contributed by atoms with Crippen LogP contribution in [0.5, 0.6) is 0 Å². The number of nitrogens with zero attached hydrogens (tertiary/aromatic N) is 4. The van der Waals surface area contributed by atoms with Gasteiger partial charge in [0.2, 0.25) is 5.82 Å². The van der Waals surface area contributed by atoms with E-state index in [0.29, 0.717) is 43.8 Å². The van der Waals surface area contributed by atoms with Crippen molar-refractivity contribution in [3.05, 3.63) is 56.0 Å². The number of pyridine rings is 1. The second-order valence-electron chi connectivity index (χ2n) is 6.58. The third-order valence-electron chi connectivity index (χ3n) is 4.81. The monoisotopic (exact) mass is 425 g/mol. The van der Waals surface area contributed by atoms with Gasteiger partial charge in [-0.3, -0.25) is 24.5 Å². The Balaban J connectivity index is 1.80. The summed E-state index contributed by atoms with van der Waals surface area (Å²) < 4.78 is 10.6. The van der Waals surface area contributed by atoms with Crippen molar-refractivity contribution in [3.63, 3.8) is 0 Å². The van der Waals surface area contributed by atoms with Gasteiger partial charge in [-0.15, -0.1) is 0 Å². The molecule has 1 aliphatic heterocycles. The molecule has 0 amide bonds. The van der Waals surface area contributed by atoms with Crippen LogP contribution in [0.4, 0.5) is 11.4 Å². The molecule has 0 unspecified atom stereocenters. The third-order valence-corrected chi connectivity index (χ3v) is 4.81. The predicted molar refractivity (Wildman–Crippen MR) is 106 cm³/mol. The lowest BCUT2D eigenvalue weighted by molar-refractivity contribution is -0.385. The molecule has 1 fully saturated rings. The van der Waals surface area contributed by atoms with Gasteiger partial charge in [0, 0.05) is 36.5 Å². The van der Waals surface area contributed by atoms with Gasteiger partial charge in [0.05, 0.1) is 23.7 Å². The van der Waals surface area contributed by atoms with E-state index in [1.807, 2.05) is 4.90 Å². The Morgan fingerprint density at radius 2 is 1.97 bits per heavy atom. The summed E-state index contributed by atoms with van der Waals surface area (Å²) in [5, 5.41) is 15.2. The molecule has 4 rings (SSSR count). The molecule has 31 heavy (non-hydrogen) atoms. The van der Waals surface area contributed by atoms with Crippen molar-refractivity contribution < 1.29 is 23.8 Å². The number of hydrogen-bond acceptors (Lipinski definition) is 10. The molecular formula is C19H15N5O7. The van der Waals surface area contributed by atoms with Crippen LogP contribution in [0.25, 0.3) is 22.8 Å². The zero-order valence-electron chi connectivity index (χ0n) is 15.9. The number of H-pyrrole nitrogens is 1. The van der Waals surface area contributed by atoms with E-state index >= 15 is 0 Å². The van der Waals surface area contributed by atoms with Crippen molar-refractivity contribution in [1.29, 1.82) is 0 Å². The zero-order valence-corrected chi connectivity index (χ0v) is 15.9. The Labute approximate surface area is 173 Å². The average Bonchev–Trinajstić information content (AvgIpc) is 3.28. The number of aldehydes is 2. The summed E-state index contributed by atoms with van der Waals surface area (Å²) in [4.78, 5) is 54.3. The van der Waals surface area contributed by atoms with Gasteiger partial charge < -0.3 is 19.1 Å². The van der Waals surface area contributed by atoms with Crippen LogP contribution in [0.15, 0.2) is 33.7 Å². The number of hydrogen-bond donors (Lipinski definition) is 1. The van der Waals surface area contributed by atoms with E-state index in [-0.39, 0.29) is 40.3 Å². The minimum absolute atomic E-state index is 0.0934. The van der Waals surface area contributed by atoms with Crippen LogP contribution in [0.1, 0.15) is 20.7 Å². The van der Waals surface area contributed by atoms with E-state index in [0.717, 1.165) is 6.07 Å². The fourth-order valence-corrected chi connectivity index (χ4v) is 3.36. The lowest BCUT2D eigenvalue weighted by atomic mass is 10.0. The lowest BCUT2D eigenvalue weighted by Crippen LogP contribution is -2.39. The fourth-order valence-electron chi connectivity index (χ4n) is 3.36. The van der Waals surface area contributed by atoms with Crippen LogP contribution in [-0.4, -0.2) is 58.9 Å². The number of rotatable bonds is 6. The van der Waals surface area contributed by atoms with E-state index in [1.54, 1.807) is 6.07 Å². The first-order chi connectivity index (χ1) is 15.0. The van der Waals surface area contributed by atoms with Crippen molar-refractivity contribution in [1.82, 2.24) is 15.1 Å². The summed E-state index contributed by atoms with van der Waals surface area (Å²) in [5.41, 5.74) is -0.545. The predicted octanol–water partition coefficient (Wildman–Crippen LogP) is 1.46. The number of nitrogens with one attached hydrogen (secondary N) is 1. The zero-order chi connectivity index (χ0) is 22.0. The highest BCUT2D eigenvalue weighted by Gasteiger charge is 2.25. The summed E-state index contributed by atoms with van der Waals surface area (Å²) in [5.74, 6) is -0.00998. The fraction of sp³-hybridized carbons (Fsp3) is 0.211. The maximum Gasteiger partial charge on any atom is 0.281 e. The van der Waals surface area contributed by atoms with E-state index < -0.39 is 10.6 Å². The molecule has 1 N–H and O–H groups in total. The topological polar surface area (TPSA) is 162 Å². The van der Waals surface area contributed by atoms with Crippen molar-refractivity contribution in [2.24, 2.45) is 0 Å². The lowest BCUT2D eigenvalue weighted by Gasteiger charge is -2.29. The minimum Gasteiger partial charge on any atom is -0.378 e. The van der Waals surface area contributed by atoms with Gasteiger partial charge in [0.25, 0.3) is 17.1 Å². The molecule has 12 nitrogen and oxygen atoms in total. The maximum atomic E-state index is 12.5. The van der Waals surface area contributed by atoms with Gasteiger partial charge in [0.15, 0.2) is 12.6 Å². The Morgan fingerprint density at radius 1 is 1.19 bits per heavy atom. The minimum atomic E-state index is -0.773. The summed E-state index contributed by atoms with van der Waals surface area (Å²) in [6, 6.07) is 3.95. The molecule has 0 bridgehead atoms. The van der Waals surface area contributed by atoms with Crippen LogP contribution in [-0.2, 0) is 4.74 Å². The highest BCUT2D eigenvalue weighted by Crippen LogP contribution is 2.31. The highest BCUT2D eigenvalue weighted by molar-refractivity contribution is 5.96. The third kappa shape index (κ3) is 3.71. The van der Waals surface area contributed by atoms with Crippen molar-refractivity contribution in [3.8, 4) is 22.8 Å². The smallest absolute Gasteiger partial charge is 0.281 e. The van der Waals surface area contributed by atoms with Crippen LogP contribution in [0, 0.1) is 10.1 Å². The van der Waals surface area contributed by atoms with Gasteiger partial charge in [-0.05, 0) is 12.1 Å². The largest absolute Gasteiger partial charge is 0.378 e. The Kier molecular flexibility index (Phi) is 5.37. The normalized spacial score (nSPS) is 13.7. The number of morpholine rings is 1. The number of nitro groups is 1. The molecule has 2 aromatic heterocycles. The molecule has 0 atom stereocenters. The number of ether oxygens (including phenoxy) is 1. The molecule has 0 saturated carbocycles. The van der Waals surface area contributed by atoms with Crippen molar-refractivity contribution in [2.45, 2.75) is 0 Å². The van der Waals surface area contributed by atoms with Gasteiger partial charge >= 0.3 is 0 Å². The van der Waals surface area contributed by atoms with Crippen LogP contribution >= 0.6 is 0 Å². The first-order valence-corrected chi connectivity index (χ1v) is 9.15. The van der Waals surface area contributed by atoms with Gasteiger partial charge in [-0.1, -0.05) is 5.16 Å². The second kappa shape index (κ2) is 8.28. The molecule has 0 spiro atoms. The summed E-state index contributed by atoms with van der Waals surface area (Å²) in [6.07, 6.45) is 2.03. The molecule has 1 aliphatic rings. The SMILES string of the molecule is O=Cc1cc(-c2nc(-c3cc[nH]c(=O)c3N3CCOCC3)no2)cc([N+](=O)[O-])c1C=O. The Bertz CT molecular complexity index is 1230. The van der Waals surface area contributed by atoms with E-state index in [9.17, 15) is 24.5 Å². The average molecular weight is 425 g/mol. The highest BCUT2D eigenvalue weighted by atomic mass is 16.6. The Hall–Kier alpha value is -4.19. The number of carbonyl (C=O) groups is 2. The molecule has 1 saturated heterocycles. The molecule has 3 aromatic rings. The number of aromatic nitrogens is 3. The van der Waals surface area contributed by atoms with Gasteiger partial charge in [-0.25, -0.2) is 0 Å². The van der Waals surface area contributed by atoms with E-state index in [4.69, 9.17) is 9.26 Å². The van der Waals surface area contributed by atoms with Gasteiger partial charge in [0.1, 0.15) is 11.3 Å². The summed E-state index contributed by atoms with van der Waals surface area (Å²) >= 11 is 0. The van der Waals surface area contributed by atoms with Crippen LogP contribution in [0.2, 0.25) is 0 Å². The molecule has 0 aliphatic carbocycles. The molecular weight excluding hydrogens is 410 g/mol. The standard InChI is InChI=1S/C19H15N5O7/c25-9-12-7-11(8-15(24(28)29)14(12)10-26)19-21-17(22-31-19)13-1-2-20-18(27)16(13)23-3-5-30-6-4-23/h1-2,7-10H,3-6H2,(H,20,27). The molecule has 158 valence electrons. The van der Waals surface area contributed by atoms with E-state index in [1.165, 1.54) is 12.3 Å². The van der Waals surface area contributed by atoms with Gasteiger partial charge in [-0.2, -0.15) is 4.98 Å². The summed E-state index contributed by atoms with van der Waals surface area (Å²) in [6.45, 7) is 1.94. The second-order valence-corrected chi connectivity index (χ2v) is 6.58. The summed E-state index contributed by atoms with van der Waals surface area (Å²) in [7, 11) is 0. The number of anilines is 1.